The second-order valence-electron chi connectivity index (χ2n) is 4.53. The van der Waals surface area contributed by atoms with E-state index in [9.17, 15) is 9.59 Å². The molecule has 0 fully saturated rings. The first-order valence-electron chi connectivity index (χ1n) is 6.53. The first-order chi connectivity index (χ1) is 10.0. The molecule has 21 heavy (non-hydrogen) atoms. The third-order valence-corrected chi connectivity index (χ3v) is 2.97. The Morgan fingerprint density at radius 3 is 2.52 bits per heavy atom. The van der Waals surface area contributed by atoms with Crippen LogP contribution in [0.15, 0.2) is 30.3 Å². The number of carboxylic acids is 1. The van der Waals surface area contributed by atoms with Crippen LogP contribution in [0.5, 0.6) is 0 Å². The fourth-order valence-electron chi connectivity index (χ4n) is 1.97. The number of aromatic nitrogens is 2. The predicted octanol–water partition coefficient (Wildman–Crippen LogP) is 1.89. The van der Waals surface area contributed by atoms with Crippen molar-refractivity contribution in [2.24, 2.45) is 7.05 Å². The molecule has 0 unspecified atom stereocenters. The fourth-order valence-corrected chi connectivity index (χ4v) is 1.97. The average Bonchev–Trinajstić information content (AvgIpc) is 2.81. The summed E-state index contributed by atoms with van der Waals surface area (Å²) in [6, 6.07) is 8.71. The monoisotopic (exact) mass is 288 g/mol. The molecule has 0 bridgehead atoms. The molecule has 2 aromatic rings. The number of hydrogen-bond donors (Lipinski definition) is 1. The molecule has 0 atom stereocenters. The number of carboxylic acid groups (broad SMARTS) is 1. The molecule has 0 aliphatic heterocycles. The molecular formula is C15H16N2O4. The van der Waals surface area contributed by atoms with Crippen LogP contribution >= 0.6 is 0 Å². The van der Waals surface area contributed by atoms with Crippen molar-refractivity contribution in [2.45, 2.75) is 13.3 Å². The van der Waals surface area contributed by atoms with E-state index in [2.05, 4.69) is 5.10 Å². The van der Waals surface area contributed by atoms with Gasteiger partial charge in [-0.25, -0.2) is 4.79 Å². The molecule has 0 aliphatic carbocycles. The average molecular weight is 288 g/mol. The maximum atomic E-state index is 11.7. The van der Waals surface area contributed by atoms with Gasteiger partial charge in [0.1, 0.15) is 5.69 Å². The molecule has 2 rings (SSSR count). The van der Waals surface area contributed by atoms with Crippen LogP contribution in [0, 0.1) is 0 Å². The molecule has 110 valence electrons. The molecule has 0 spiro atoms. The SMILES string of the molecule is CCOC(=O)c1cc(-c2ccc(CC(=O)O)cc2)nn1C. The number of aryl methyl sites for hydroxylation is 1. The zero-order chi connectivity index (χ0) is 15.4. The molecule has 6 nitrogen and oxygen atoms in total. The minimum Gasteiger partial charge on any atom is -0.481 e. The molecule has 6 heteroatoms. The number of esters is 1. The second-order valence-corrected chi connectivity index (χ2v) is 4.53. The van der Waals surface area contributed by atoms with Crippen molar-refractivity contribution in [2.75, 3.05) is 6.61 Å². The molecule has 1 N–H and O–H groups in total. The van der Waals surface area contributed by atoms with Crippen molar-refractivity contribution in [3.05, 3.63) is 41.6 Å². The van der Waals surface area contributed by atoms with E-state index >= 15 is 0 Å². The van der Waals surface area contributed by atoms with Gasteiger partial charge in [-0.3, -0.25) is 9.48 Å². The van der Waals surface area contributed by atoms with Gasteiger partial charge in [0.25, 0.3) is 0 Å². The van der Waals surface area contributed by atoms with Crippen molar-refractivity contribution in [1.82, 2.24) is 9.78 Å². The Hall–Kier alpha value is -2.63. The Balaban J connectivity index is 2.24. The summed E-state index contributed by atoms with van der Waals surface area (Å²) in [7, 11) is 1.68. The van der Waals surface area contributed by atoms with Crippen LogP contribution in [-0.4, -0.2) is 33.4 Å². The summed E-state index contributed by atoms with van der Waals surface area (Å²) in [6.07, 6.45) is -0.0173. The van der Waals surface area contributed by atoms with Gasteiger partial charge in [-0.15, -0.1) is 0 Å². The maximum Gasteiger partial charge on any atom is 0.356 e. The number of ether oxygens (including phenoxy) is 1. The van der Waals surface area contributed by atoms with Crippen LogP contribution in [0.3, 0.4) is 0 Å². The van der Waals surface area contributed by atoms with Gasteiger partial charge in [0.2, 0.25) is 0 Å². The third-order valence-electron chi connectivity index (χ3n) is 2.97. The summed E-state index contributed by atoms with van der Waals surface area (Å²) >= 11 is 0. The van der Waals surface area contributed by atoms with Gasteiger partial charge in [-0.05, 0) is 18.6 Å². The van der Waals surface area contributed by atoms with Crippen LogP contribution in [0.1, 0.15) is 23.0 Å². The largest absolute Gasteiger partial charge is 0.481 e. The van der Waals surface area contributed by atoms with Crippen LogP contribution < -0.4 is 0 Å². The lowest BCUT2D eigenvalue weighted by atomic mass is 10.1. The molecule has 0 saturated heterocycles. The lowest BCUT2D eigenvalue weighted by Gasteiger charge is -1.99. The van der Waals surface area contributed by atoms with E-state index in [1.807, 2.05) is 0 Å². The summed E-state index contributed by atoms with van der Waals surface area (Å²) in [5, 5.41) is 13.0. The van der Waals surface area contributed by atoms with E-state index in [0.29, 0.717) is 23.6 Å². The first-order valence-corrected chi connectivity index (χ1v) is 6.53. The summed E-state index contributed by atoms with van der Waals surface area (Å²) in [5.74, 6) is -1.29. The summed E-state index contributed by atoms with van der Waals surface area (Å²) in [5.41, 5.74) is 2.55. The van der Waals surface area contributed by atoms with Crippen molar-refractivity contribution in [1.29, 1.82) is 0 Å². The Morgan fingerprint density at radius 2 is 1.95 bits per heavy atom. The van der Waals surface area contributed by atoms with E-state index < -0.39 is 11.9 Å². The van der Waals surface area contributed by atoms with Crippen LogP contribution in [0.4, 0.5) is 0 Å². The Bertz CT molecular complexity index is 659. The highest BCUT2D eigenvalue weighted by Gasteiger charge is 2.15. The van der Waals surface area contributed by atoms with Gasteiger partial charge in [-0.1, -0.05) is 24.3 Å². The van der Waals surface area contributed by atoms with E-state index in [4.69, 9.17) is 9.84 Å². The molecular weight excluding hydrogens is 272 g/mol. The lowest BCUT2D eigenvalue weighted by molar-refractivity contribution is -0.136. The van der Waals surface area contributed by atoms with E-state index in [0.717, 1.165) is 5.56 Å². The number of carbonyl (C=O) groups is 2. The Morgan fingerprint density at radius 1 is 1.29 bits per heavy atom. The van der Waals surface area contributed by atoms with Gasteiger partial charge in [0, 0.05) is 12.6 Å². The molecule has 1 heterocycles. The van der Waals surface area contributed by atoms with Gasteiger partial charge in [0.15, 0.2) is 0 Å². The normalized spacial score (nSPS) is 10.4. The molecule has 1 aromatic heterocycles. The van der Waals surface area contributed by atoms with Gasteiger partial charge < -0.3 is 9.84 Å². The smallest absolute Gasteiger partial charge is 0.356 e. The van der Waals surface area contributed by atoms with Crippen molar-refractivity contribution >= 4 is 11.9 Å². The third kappa shape index (κ3) is 3.47. The Kier molecular flexibility index (Phi) is 4.37. The summed E-state index contributed by atoms with van der Waals surface area (Å²) in [4.78, 5) is 22.4. The lowest BCUT2D eigenvalue weighted by Crippen LogP contribution is -2.10. The standard InChI is InChI=1S/C15H16N2O4/c1-3-21-15(20)13-9-12(16-17(13)2)11-6-4-10(5-7-11)8-14(18)19/h4-7,9H,3,8H2,1-2H3,(H,18,19). The zero-order valence-electron chi connectivity index (χ0n) is 11.9. The summed E-state index contributed by atoms with van der Waals surface area (Å²) in [6.45, 7) is 2.06. The van der Waals surface area contributed by atoms with Gasteiger partial charge in [-0.2, -0.15) is 5.10 Å². The number of benzene rings is 1. The minimum atomic E-state index is -0.870. The van der Waals surface area contributed by atoms with Crippen LogP contribution in [0.25, 0.3) is 11.3 Å². The zero-order valence-corrected chi connectivity index (χ0v) is 11.9. The highest BCUT2D eigenvalue weighted by Crippen LogP contribution is 2.20. The quantitative estimate of drug-likeness (QED) is 0.850. The highest BCUT2D eigenvalue weighted by atomic mass is 16.5. The van der Waals surface area contributed by atoms with Crippen molar-refractivity contribution in [3.8, 4) is 11.3 Å². The van der Waals surface area contributed by atoms with Gasteiger partial charge >= 0.3 is 11.9 Å². The number of aliphatic carboxylic acids is 1. The molecule has 1 aromatic carbocycles. The topological polar surface area (TPSA) is 81.4 Å². The maximum absolute atomic E-state index is 11.7. The fraction of sp³-hybridized carbons (Fsp3) is 0.267. The van der Waals surface area contributed by atoms with Crippen molar-refractivity contribution in [3.63, 3.8) is 0 Å². The first kappa shape index (κ1) is 14.8. The molecule has 0 aliphatic rings. The predicted molar refractivity (Wildman–Crippen MR) is 75.9 cm³/mol. The molecule has 0 amide bonds. The van der Waals surface area contributed by atoms with Gasteiger partial charge in [0.05, 0.1) is 18.7 Å². The number of nitrogens with zero attached hydrogens (tertiary/aromatic N) is 2. The van der Waals surface area contributed by atoms with E-state index in [1.165, 1.54) is 4.68 Å². The molecule has 0 radical (unpaired) electrons. The number of rotatable bonds is 5. The van der Waals surface area contributed by atoms with E-state index in [-0.39, 0.29) is 6.42 Å². The van der Waals surface area contributed by atoms with E-state index in [1.54, 1.807) is 44.3 Å². The van der Waals surface area contributed by atoms with Crippen molar-refractivity contribution < 1.29 is 19.4 Å². The molecule has 0 saturated carbocycles. The summed E-state index contributed by atoms with van der Waals surface area (Å²) < 4.78 is 6.43. The Labute approximate surface area is 122 Å². The second kappa shape index (κ2) is 6.21. The highest BCUT2D eigenvalue weighted by molar-refractivity contribution is 5.89. The van der Waals surface area contributed by atoms with Crippen LogP contribution in [0.2, 0.25) is 0 Å². The minimum absolute atomic E-state index is 0.0173. The number of hydrogen-bond acceptors (Lipinski definition) is 4. The van der Waals surface area contributed by atoms with Crippen LogP contribution in [-0.2, 0) is 23.0 Å². The number of carbonyl (C=O) groups excluding carboxylic acids is 1.